The van der Waals surface area contributed by atoms with Crippen molar-refractivity contribution in [1.29, 1.82) is 0 Å². The summed E-state index contributed by atoms with van der Waals surface area (Å²) in [5.74, 6) is 0.942. The van der Waals surface area contributed by atoms with Crippen LogP contribution in [0.2, 0.25) is 0 Å². The van der Waals surface area contributed by atoms with E-state index in [0.717, 1.165) is 82.0 Å². The normalized spacial score (nSPS) is 28.5. The van der Waals surface area contributed by atoms with E-state index in [1.165, 1.54) is 0 Å². The molecule has 2 aromatic rings. The van der Waals surface area contributed by atoms with Crippen molar-refractivity contribution in [3.63, 3.8) is 0 Å². The SMILES string of the molecule is O=C(NC1CC1)c1ccc(-c2cnc(N3CCCC4(CCN([C@H]5CC[C@H](O)CC5)C4=O)C3)nc2)cc1. The van der Waals surface area contributed by atoms with Crippen molar-refractivity contribution in [3.8, 4) is 11.1 Å². The van der Waals surface area contributed by atoms with Crippen LogP contribution in [0.3, 0.4) is 0 Å². The summed E-state index contributed by atoms with van der Waals surface area (Å²) in [6.07, 6.45) is 11.8. The maximum Gasteiger partial charge on any atom is 0.251 e. The molecule has 2 saturated heterocycles. The molecule has 1 spiro atoms. The zero-order chi connectivity index (χ0) is 24.7. The summed E-state index contributed by atoms with van der Waals surface area (Å²) in [7, 11) is 0. The fraction of sp³-hybridized carbons (Fsp3) is 0.571. The fourth-order valence-electron chi connectivity index (χ4n) is 6.19. The van der Waals surface area contributed by atoms with Crippen LogP contribution in [0.15, 0.2) is 36.7 Å². The first-order chi connectivity index (χ1) is 17.5. The zero-order valence-corrected chi connectivity index (χ0v) is 20.7. The average Bonchev–Trinajstić information content (AvgIpc) is 3.68. The number of anilines is 1. The van der Waals surface area contributed by atoms with Crippen molar-refractivity contribution < 1.29 is 14.7 Å². The van der Waals surface area contributed by atoms with Gasteiger partial charge in [0.2, 0.25) is 11.9 Å². The minimum Gasteiger partial charge on any atom is -0.393 e. The number of nitrogens with one attached hydrogen (secondary N) is 1. The highest BCUT2D eigenvalue weighted by molar-refractivity contribution is 5.95. The highest BCUT2D eigenvalue weighted by Gasteiger charge is 2.51. The summed E-state index contributed by atoms with van der Waals surface area (Å²) in [5, 5.41) is 12.9. The van der Waals surface area contributed by atoms with Crippen molar-refractivity contribution in [2.45, 2.75) is 76.0 Å². The van der Waals surface area contributed by atoms with Gasteiger partial charge < -0.3 is 20.2 Å². The van der Waals surface area contributed by atoms with Crippen LogP contribution in [0.25, 0.3) is 11.1 Å². The van der Waals surface area contributed by atoms with Gasteiger partial charge in [0.1, 0.15) is 0 Å². The molecule has 0 radical (unpaired) electrons. The number of likely N-dealkylation sites (tertiary alicyclic amines) is 1. The molecule has 36 heavy (non-hydrogen) atoms. The Morgan fingerprint density at radius 1 is 0.944 bits per heavy atom. The molecule has 2 amide bonds. The molecule has 4 aliphatic rings. The van der Waals surface area contributed by atoms with E-state index < -0.39 is 0 Å². The summed E-state index contributed by atoms with van der Waals surface area (Å²) in [5.41, 5.74) is 2.20. The van der Waals surface area contributed by atoms with E-state index in [4.69, 9.17) is 0 Å². The molecule has 1 aromatic carbocycles. The molecule has 4 fully saturated rings. The molecular formula is C28H35N5O3. The monoisotopic (exact) mass is 489 g/mol. The maximum atomic E-state index is 13.6. The number of carbonyl (C=O) groups excluding carboxylic acids is 2. The quantitative estimate of drug-likeness (QED) is 0.670. The topological polar surface area (TPSA) is 98.7 Å². The Morgan fingerprint density at radius 2 is 1.67 bits per heavy atom. The number of nitrogens with zero attached hydrogens (tertiary/aromatic N) is 4. The van der Waals surface area contributed by atoms with Crippen molar-refractivity contribution in [2.24, 2.45) is 5.41 Å². The second-order valence-electron chi connectivity index (χ2n) is 11.1. The van der Waals surface area contributed by atoms with Crippen LogP contribution in [-0.4, -0.2) is 69.6 Å². The predicted octanol–water partition coefficient (Wildman–Crippen LogP) is 3.16. The summed E-state index contributed by atoms with van der Waals surface area (Å²) in [4.78, 5) is 39.4. The van der Waals surface area contributed by atoms with Crippen LogP contribution in [0.5, 0.6) is 0 Å². The van der Waals surface area contributed by atoms with E-state index in [-0.39, 0.29) is 29.4 Å². The lowest BCUT2D eigenvalue weighted by Gasteiger charge is -2.40. The van der Waals surface area contributed by atoms with E-state index in [9.17, 15) is 14.7 Å². The number of aliphatic hydroxyl groups excluding tert-OH is 1. The maximum absolute atomic E-state index is 13.6. The Bertz CT molecular complexity index is 1110. The van der Waals surface area contributed by atoms with Crippen molar-refractivity contribution in [2.75, 3.05) is 24.5 Å². The smallest absolute Gasteiger partial charge is 0.251 e. The highest BCUT2D eigenvalue weighted by atomic mass is 16.3. The number of hydrogen-bond acceptors (Lipinski definition) is 6. The van der Waals surface area contributed by atoms with E-state index in [1.54, 1.807) is 0 Å². The summed E-state index contributed by atoms with van der Waals surface area (Å²) in [6.45, 7) is 2.35. The van der Waals surface area contributed by atoms with Gasteiger partial charge in [0.05, 0.1) is 11.5 Å². The summed E-state index contributed by atoms with van der Waals surface area (Å²) in [6, 6.07) is 8.19. The standard InChI is InChI=1S/C28H35N5O3/c34-24-10-8-23(9-11-24)33-15-13-28(26(33)36)12-1-14-32(18-28)27-29-16-21(17-30-27)19-2-4-20(5-3-19)25(35)31-22-6-7-22/h2-5,16-17,22-24,34H,1,6-15,18H2,(H,31,35)/t23-,24-,28?. The van der Waals surface area contributed by atoms with Crippen LogP contribution < -0.4 is 10.2 Å². The Labute approximate surface area is 212 Å². The van der Waals surface area contributed by atoms with Gasteiger partial charge in [-0.15, -0.1) is 0 Å². The Hall–Kier alpha value is -3.00. The molecule has 6 rings (SSSR count). The third-order valence-corrected chi connectivity index (χ3v) is 8.54. The first-order valence-electron chi connectivity index (χ1n) is 13.5. The number of benzene rings is 1. The molecule has 8 nitrogen and oxygen atoms in total. The van der Waals surface area contributed by atoms with Gasteiger partial charge in [-0.25, -0.2) is 9.97 Å². The number of amides is 2. The van der Waals surface area contributed by atoms with E-state index in [1.807, 2.05) is 36.7 Å². The highest BCUT2D eigenvalue weighted by Crippen LogP contribution is 2.43. The molecule has 2 N–H and O–H groups in total. The van der Waals surface area contributed by atoms with E-state index in [2.05, 4.69) is 25.1 Å². The zero-order valence-electron chi connectivity index (χ0n) is 20.7. The van der Waals surface area contributed by atoms with Gasteiger partial charge in [0, 0.05) is 55.2 Å². The molecule has 0 bridgehead atoms. The Morgan fingerprint density at radius 3 is 2.36 bits per heavy atom. The van der Waals surface area contributed by atoms with Gasteiger partial charge in [-0.05, 0) is 75.5 Å². The molecule has 1 aromatic heterocycles. The molecule has 8 heteroatoms. The number of aromatic nitrogens is 2. The average molecular weight is 490 g/mol. The molecule has 2 aliphatic carbocycles. The van der Waals surface area contributed by atoms with Crippen LogP contribution in [0.1, 0.15) is 68.1 Å². The van der Waals surface area contributed by atoms with Gasteiger partial charge in [0.25, 0.3) is 5.91 Å². The number of hydrogen-bond donors (Lipinski definition) is 2. The minimum absolute atomic E-state index is 0.0178. The Kier molecular flexibility index (Phi) is 6.15. The first-order valence-corrected chi connectivity index (χ1v) is 13.5. The lowest BCUT2D eigenvalue weighted by atomic mass is 9.78. The number of aliphatic hydroxyl groups is 1. The van der Waals surface area contributed by atoms with Crippen LogP contribution in [0, 0.1) is 5.41 Å². The lowest BCUT2D eigenvalue weighted by molar-refractivity contribution is -0.139. The van der Waals surface area contributed by atoms with Gasteiger partial charge in [-0.2, -0.15) is 0 Å². The largest absolute Gasteiger partial charge is 0.393 e. The van der Waals surface area contributed by atoms with Gasteiger partial charge >= 0.3 is 0 Å². The molecule has 1 atom stereocenters. The van der Waals surface area contributed by atoms with Gasteiger partial charge in [-0.1, -0.05) is 12.1 Å². The van der Waals surface area contributed by atoms with Crippen molar-refractivity contribution in [3.05, 3.63) is 42.2 Å². The Balaban J connectivity index is 1.11. The van der Waals surface area contributed by atoms with Crippen LogP contribution >= 0.6 is 0 Å². The summed E-state index contributed by atoms with van der Waals surface area (Å²) < 4.78 is 0. The third kappa shape index (κ3) is 4.59. The van der Waals surface area contributed by atoms with Crippen molar-refractivity contribution >= 4 is 17.8 Å². The first kappa shape index (κ1) is 23.4. The van der Waals surface area contributed by atoms with E-state index in [0.29, 0.717) is 24.1 Å². The summed E-state index contributed by atoms with van der Waals surface area (Å²) >= 11 is 0. The fourth-order valence-corrected chi connectivity index (χ4v) is 6.19. The van der Waals surface area contributed by atoms with E-state index >= 15 is 0 Å². The van der Waals surface area contributed by atoms with Crippen LogP contribution in [-0.2, 0) is 4.79 Å². The number of rotatable bonds is 5. The third-order valence-electron chi connectivity index (χ3n) is 8.54. The molecule has 3 heterocycles. The number of piperidine rings is 1. The second kappa shape index (κ2) is 9.47. The second-order valence-corrected chi connectivity index (χ2v) is 11.1. The molecule has 190 valence electrons. The molecule has 2 saturated carbocycles. The van der Waals surface area contributed by atoms with Crippen molar-refractivity contribution in [1.82, 2.24) is 20.2 Å². The van der Waals surface area contributed by atoms with Crippen LogP contribution in [0.4, 0.5) is 5.95 Å². The predicted molar refractivity (Wildman–Crippen MR) is 136 cm³/mol. The van der Waals surface area contributed by atoms with Gasteiger partial charge in [0.15, 0.2) is 0 Å². The minimum atomic E-state index is -0.340. The molecular weight excluding hydrogens is 454 g/mol. The van der Waals surface area contributed by atoms with Gasteiger partial charge in [-0.3, -0.25) is 9.59 Å². The molecule has 2 aliphatic heterocycles. The number of carbonyl (C=O) groups is 2. The lowest BCUT2D eigenvalue weighted by Crippen LogP contribution is -2.50. The molecule has 1 unspecified atom stereocenters.